The minimum atomic E-state index is 0.505. The van der Waals surface area contributed by atoms with Crippen LogP contribution in [0, 0.1) is 34.5 Å². The molecule has 0 radical (unpaired) electrons. The molecule has 4 saturated carbocycles. The van der Waals surface area contributed by atoms with Crippen LogP contribution in [0.15, 0.2) is 0 Å². The first-order chi connectivity index (χ1) is 9.53. The molecule has 2 N–H and O–H groups in total. The topological polar surface area (TPSA) is 26.0 Å². The van der Waals surface area contributed by atoms with E-state index < -0.39 is 0 Å². The van der Waals surface area contributed by atoms with Gasteiger partial charge in [-0.2, -0.15) is 0 Å². The first-order valence-electron chi connectivity index (χ1n) is 9.28. The van der Waals surface area contributed by atoms with Gasteiger partial charge in [-0.1, -0.05) is 20.3 Å². The van der Waals surface area contributed by atoms with Gasteiger partial charge in [0, 0.05) is 6.04 Å². The number of rotatable bonds is 0. The van der Waals surface area contributed by atoms with Crippen molar-refractivity contribution in [3.63, 3.8) is 0 Å². The zero-order valence-corrected chi connectivity index (χ0v) is 13.5. The molecule has 0 aromatic carbocycles. The van der Waals surface area contributed by atoms with E-state index in [4.69, 9.17) is 5.73 Å². The molecule has 4 aliphatic carbocycles. The van der Waals surface area contributed by atoms with Crippen LogP contribution in [0.3, 0.4) is 0 Å². The summed E-state index contributed by atoms with van der Waals surface area (Å²) in [5, 5.41) is 0. The predicted octanol–water partition coefficient (Wildman–Crippen LogP) is 4.75. The Bertz CT molecular complexity index is 391. The van der Waals surface area contributed by atoms with Crippen LogP contribution in [-0.4, -0.2) is 6.04 Å². The maximum atomic E-state index is 6.28. The van der Waals surface area contributed by atoms with Gasteiger partial charge in [0.25, 0.3) is 0 Å². The lowest BCUT2D eigenvalue weighted by Crippen LogP contribution is -2.53. The van der Waals surface area contributed by atoms with Crippen LogP contribution < -0.4 is 5.73 Å². The molecule has 0 heterocycles. The second-order valence-corrected chi connectivity index (χ2v) is 9.28. The van der Waals surface area contributed by atoms with E-state index in [9.17, 15) is 0 Å². The van der Waals surface area contributed by atoms with Crippen LogP contribution >= 0.6 is 0 Å². The summed E-state index contributed by atoms with van der Waals surface area (Å²) in [5.41, 5.74) is 7.63. The first-order valence-corrected chi connectivity index (χ1v) is 9.28. The van der Waals surface area contributed by atoms with Gasteiger partial charge < -0.3 is 5.73 Å². The summed E-state index contributed by atoms with van der Waals surface area (Å²) >= 11 is 0. The van der Waals surface area contributed by atoms with E-state index in [-0.39, 0.29) is 0 Å². The summed E-state index contributed by atoms with van der Waals surface area (Å²) in [5.74, 6) is 4.10. The average molecular weight is 275 g/mol. The van der Waals surface area contributed by atoms with Gasteiger partial charge in [0.05, 0.1) is 0 Å². The lowest BCUT2D eigenvalue weighted by atomic mass is 9.45. The average Bonchev–Trinajstić information content (AvgIpc) is 2.81. The molecule has 4 aliphatic rings. The van der Waals surface area contributed by atoms with Crippen molar-refractivity contribution in [3.8, 4) is 0 Å². The standard InChI is InChI=1S/C19H33N/c1-18-9-3-4-16(18)15-6-5-13-12-14(20)7-11-19(13,2)17(15)8-10-18/h13-17H,3-12,20H2,1-2H3/t13?,14-,15+,16+,17+,18?,19+/m1/s1. The SMILES string of the molecule is CC12CCC[C@H]1[C@@H]1CCC3C[C@H](N)CC[C@]3(C)[C@H]1CC2. The van der Waals surface area contributed by atoms with E-state index in [1.807, 2.05) is 0 Å². The Labute approximate surface area is 125 Å². The van der Waals surface area contributed by atoms with Gasteiger partial charge in [0.15, 0.2) is 0 Å². The predicted molar refractivity (Wildman–Crippen MR) is 84.3 cm³/mol. The van der Waals surface area contributed by atoms with Crippen LogP contribution in [0.5, 0.6) is 0 Å². The van der Waals surface area contributed by atoms with Crippen LogP contribution in [0.4, 0.5) is 0 Å². The molecular weight excluding hydrogens is 242 g/mol. The van der Waals surface area contributed by atoms with Gasteiger partial charge in [-0.15, -0.1) is 0 Å². The molecule has 4 rings (SSSR count). The summed E-state index contributed by atoms with van der Waals surface area (Å²) in [6.45, 7) is 5.27. The summed E-state index contributed by atoms with van der Waals surface area (Å²) in [6, 6.07) is 0.505. The van der Waals surface area contributed by atoms with E-state index in [1.165, 1.54) is 64.2 Å². The van der Waals surface area contributed by atoms with Gasteiger partial charge in [-0.3, -0.25) is 0 Å². The van der Waals surface area contributed by atoms with Gasteiger partial charge in [-0.25, -0.2) is 0 Å². The Kier molecular flexibility index (Phi) is 3.05. The van der Waals surface area contributed by atoms with Gasteiger partial charge in [0.1, 0.15) is 0 Å². The second kappa shape index (κ2) is 4.48. The quantitative estimate of drug-likeness (QED) is 0.678. The molecule has 0 aromatic rings. The fourth-order valence-electron chi connectivity index (χ4n) is 7.28. The highest BCUT2D eigenvalue weighted by molar-refractivity contribution is 5.07. The Balaban J connectivity index is 1.62. The molecule has 0 aromatic heterocycles. The van der Waals surface area contributed by atoms with Crippen molar-refractivity contribution in [3.05, 3.63) is 0 Å². The highest BCUT2D eigenvalue weighted by Crippen LogP contribution is 2.66. The fraction of sp³-hybridized carbons (Fsp3) is 1.00. The lowest BCUT2D eigenvalue weighted by Gasteiger charge is -2.60. The van der Waals surface area contributed by atoms with Crippen LogP contribution in [-0.2, 0) is 0 Å². The minimum absolute atomic E-state index is 0.505. The van der Waals surface area contributed by atoms with Gasteiger partial charge in [0.2, 0.25) is 0 Å². The number of fused-ring (bicyclic) bond motifs is 5. The lowest BCUT2D eigenvalue weighted by molar-refractivity contribution is -0.105. The van der Waals surface area contributed by atoms with Gasteiger partial charge in [-0.05, 0) is 92.3 Å². The molecule has 0 spiro atoms. The Morgan fingerprint density at radius 1 is 0.850 bits per heavy atom. The first kappa shape index (κ1) is 13.6. The van der Waals surface area contributed by atoms with E-state index in [0.29, 0.717) is 11.5 Å². The van der Waals surface area contributed by atoms with E-state index in [0.717, 1.165) is 29.1 Å². The van der Waals surface area contributed by atoms with Crippen molar-refractivity contribution in [1.82, 2.24) is 0 Å². The van der Waals surface area contributed by atoms with Crippen LogP contribution in [0.2, 0.25) is 0 Å². The molecule has 7 atom stereocenters. The van der Waals surface area contributed by atoms with Crippen molar-refractivity contribution in [2.24, 2.45) is 40.2 Å². The molecule has 4 fully saturated rings. The van der Waals surface area contributed by atoms with Crippen molar-refractivity contribution in [1.29, 1.82) is 0 Å². The van der Waals surface area contributed by atoms with Crippen molar-refractivity contribution < 1.29 is 0 Å². The molecule has 2 unspecified atom stereocenters. The second-order valence-electron chi connectivity index (χ2n) is 9.28. The third kappa shape index (κ3) is 1.77. The Morgan fingerprint density at radius 2 is 1.70 bits per heavy atom. The Hall–Kier alpha value is -0.0400. The largest absolute Gasteiger partial charge is 0.328 e. The third-order valence-corrected chi connectivity index (χ3v) is 8.49. The molecule has 1 heteroatoms. The van der Waals surface area contributed by atoms with Crippen molar-refractivity contribution >= 4 is 0 Å². The highest BCUT2D eigenvalue weighted by atomic mass is 14.7. The minimum Gasteiger partial charge on any atom is -0.328 e. The molecule has 1 nitrogen and oxygen atoms in total. The highest BCUT2D eigenvalue weighted by Gasteiger charge is 2.57. The monoisotopic (exact) mass is 275 g/mol. The normalized spacial score (nSPS) is 58.6. The van der Waals surface area contributed by atoms with E-state index >= 15 is 0 Å². The summed E-state index contributed by atoms with van der Waals surface area (Å²) < 4.78 is 0. The summed E-state index contributed by atoms with van der Waals surface area (Å²) in [6.07, 6.45) is 14.7. The summed E-state index contributed by atoms with van der Waals surface area (Å²) in [7, 11) is 0. The van der Waals surface area contributed by atoms with E-state index in [1.54, 1.807) is 0 Å². The third-order valence-electron chi connectivity index (χ3n) is 8.49. The zero-order chi connectivity index (χ0) is 14.0. The maximum absolute atomic E-state index is 6.28. The Morgan fingerprint density at radius 3 is 2.55 bits per heavy atom. The molecule has 0 amide bonds. The van der Waals surface area contributed by atoms with Crippen LogP contribution in [0.25, 0.3) is 0 Å². The van der Waals surface area contributed by atoms with Gasteiger partial charge >= 0.3 is 0 Å². The zero-order valence-electron chi connectivity index (χ0n) is 13.5. The van der Waals surface area contributed by atoms with E-state index in [2.05, 4.69) is 13.8 Å². The van der Waals surface area contributed by atoms with Crippen LogP contribution in [0.1, 0.15) is 78.1 Å². The maximum Gasteiger partial charge on any atom is 0.00418 e. The number of hydrogen-bond acceptors (Lipinski definition) is 1. The molecule has 114 valence electrons. The molecule has 20 heavy (non-hydrogen) atoms. The van der Waals surface area contributed by atoms with Crippen molar-refractivity contribution in [2.75, 3.05) is 0 Å². The number of nitrogens with two attached hydrogens (primary N) is 1. The molecule has 0 aliphatic heterocycles. The van der Waals surface area contributed by atoms with Crippen molar-refractivity contribution in [2.45, 2.75) is 84.1 Å². The smallest absolute Gasteiger partial charge is 0.00418 e. The molecular formula is C19H33N. The molecule has 0 saturated heterocycles. The fourth-order valence-corrected chi connectivity index (χ4v) is 7.28. The summed E-state index contributed by atoms with van der Waals surface area (Å²) in [4.78, 5) is 0. The number of hydrogen-bond donors (Lipinski definition) is 1. The molecule has 0 bridgehead atoms.